The first-order valence-corrected chi connectivity index (χ1v) is 10.2. The third-order valence-electron chi connectivity index (χ3n) is 5.78. The first-order valence-electron chi connectivity index (χ1n) is 9.35. The molecule has 1 amide bonds. The molecule has 7 heteroatoms. The second kappa shape index (κ2) is 6.93. The molecule has 6 nitrogen and oxygen atoms in total. The number of thiazole rings is 1. The Kier molecular flexibility index (Phi) is 4.65. The normalized spacial score (nSPS) is 25.8. The van der Waals surface area contributed by atoms with Crippen LogP contribution in [-0.2, 0) is 4.79 Å². The molecule has 0 bridgehead atoms. The number of anilines is 1. The van der Waals surface area contributed by atoms with Gasteiger partial charge in [0.2, 0.25) is 5.91 Å². The Bertz CT molecular complexity index is 690. The molecule has 3 fully saturated rings. The first kappa shape index (κ1) is 16.8. The monoisotopic (exact) mass is 359 g/mol. The van der Waals surface area contributed by atoms with Crippen molar-refractivity contribution in [1.82, 2.24) is 14.8 Å². The van der Waals surface area contributed by atoms with Gasteiger partial charge in [-0.25, -0.2) is 4.98 Å². The van der Waals surface area contributed by atoms with Gasteiger partial charge in [0.1, 0.15) is 11.0 Å². The fourth-order valence-electron chi connectivity index (χ4n) is 4.32. The Hall–Kier alpha value is -1.65. The van der Waals surface area contributed by atoms with Crippen LogP contribution in [0.2, 0.25) is 0 Å². The van der Waals surface area contributed by atoms with E-state index < -0.39 is 0 Å². The second-order valence-corrected chi connectivity index (χ2v) is 8.37. The minimum absolute atomic E-state index is 0.133. The van der Waals surface area contributed by atoms with Gasteiger partial charge in [-0.15, -0.1) is 11.3 Å². The van der Waals surface area contributed by atoms with E-state index in [2.05, 4.69) is 11.1 Å². The molecule has 0 aromatic carbocycles. The summed E-state index contributed by atoms with van der Waals surface area (Å²) in [5.74, 6) is 0.708. The zero-order valence-electron chi connectivity index (χ0n) is 14.8. The number of fused-ring (bicyclic) bond motifs is 1. The minimum Gasteiger partial charge on any atom is -0.307 e. The number of carbonyl (C=O) groups excluding carboxylic acids is 1. The highest BCUT2D eigenvalue weighted by Gasteiger charge is 2.40. The van der Waals surface area contributed by atoms with Crippen molar-refractivity contribution >= 4 is 22.2 Å². The van der Waals surface area contributed by atoms with E-state index in [1.54, 1.807) is 16.2 Å². The maximum Gasteiger partial charge on any atom is 0.246 e. The number of aromatic nitrogens is 1. The number of piperazine rings is 2. The van der Waals surface area contributed by atoms with E-state index in [4.69, 9.17) is 10.2 Å². The van der Waals surface area contributed by atoms with E-state index in [1.165, 1.54) is 37.1 Å². The summed E-state index contributed by atoms with van der Waals surface area (Å²) in [6.45, 7) is 5.68. The molecular weight excluding hydrogens is 334 g/mol. The van der Waals surface area contributed by atoms with Crippen LogP contribution in [0.15, 0.2) is 0 Å². The summed E-state index contributed by atoms with van der Waals surface area (Å²) in [5, 5.41) is 11.4. The molecule has 0 spiro atoms. The number of hydrogen-bond acceptors (Lipinski definition) is 6. The predicted octanol–water partition coefficient (Wildman–Crippen LogP) is 2.31. The second-order valence-electron chi connectivity index (χ2n) is 7.37. The van der Waals surface area contributed by atoms with Crippen molar-refractivity contribution < 1.29 is 4.79 Å². The van der Waals surface area contributed by atoms with Crippen LogP contribution in [-0.4, -0.2) is 59.5 Å². The van der Waals surface area contributed by atoms with Gasteiger partial charge < -0.3 is 4.90 Å². The fourth-order valence-corrected chi connectivity index (χ4v) is 5.58. The maximum atomic E-state index is 13.1. The summed E-state index contributed by atoms with van der Waals surface area (Å²) in [7, 11) is 0. The fraction of sp³-hybridized carbons (Fsp3) is 0.722. The lowest BCUT2D eigenvalue weighted by molar-refractivity contribution is -0.127. The minimum atomic E-state index is -0.193. The highest BCUT2D eigenvalue weighted by atomic mass is 32.1. The van der Waals surface area contributed by atoms with Gasteiger partial charge in [0, 0.05) is 32.1 Å². The molecule has 1 atom stereocenters. The Balaban J connectivity index is 1.54. The van der Waals surface area contributed by atoms with Gasteiger partial charge in [-0.05, 0) is 19.8 Å². The summed E-state index contributed by atoms with van der Waals surface area (Å²) in [6.07, 6.45) is 8.58. The molecule has 3 heterocycles. The molecule has 0 radical (unpaired) electrons. The lowest BCUT2D eigenvalue weighted by atomic mass is 9.90. The molecule has 1 aliphatic carbocycles. The third kappa shape index (κ3) is 3.13. The van der Waals surface area contributed by atoms with Crippen LogP contribution in [0.3, 0.4) is 0 Å². The number of carbonyl (C=O) groups is 1. The maximum absolute atomic E-state index is 13.1. The number of nitrogens with zero attached hydrogens (tertiary/aromatic N) is 5. The Labute approximate surface area is 153 Å². The summed E-state index contributed by atoms with van der Waals surface area (Å²) in [4.78, 5) is 23.8. The number of aryl methyl sites for hydroxylation is 1. The molecule has 2 aliphatic heterocycles. The van der Waals surface area contributed by atoms with Gasteiger partial charge in [0.05, 0.1) is 17.2 Å². The van der Waals surface area contributed by atoms with E-state index in [9.17, 15) is 4.79 Å². The van der Waals surface area contributed by atoms with E-state index in [-0.39, 0.29) is 11.9 Å². The van der Waals surface area contributed by atoms with E-state index in [1.807, 2.05) is 11.8 Å². The van der Waals surface area contributed by atoms with Gasteiger partial charge in [-0.3, -0.25) is 14.6 Å². The average molecular weight is 359 g/mol. The molecule has 1 unspecified atom stereocenters. The summed E-state index contributed by atoms with van der Waals surface area (Å²) in [5.41, 5.74) is 0.986. The zero-order valence-corrected chi connectivity index (χ0v) is 15.6. The van der Waals surface area contributed by atoms with E-state index >= 15 is 0 Å². The topological polar surface area (TPSA) is 63.5 Å². The van der Waals surface area contributed by atoms with Crippen molar-refractivity contribution in [3.63, 3.8) is 0 Å². The van der Waals surface area contributed by atoms with Gasteiger partial charge in [-0.1, -0.05) is 19.3 Å². The SMILES string of the molecule is Cc1nc(C2CCCCC2)sc1N1CCN2CCN(C#N)CC2C1=O. The molecule has 3 aliphatic rings. The van der Waals surface area contributed by atoms with Crippen LogP contribution < -0.4 is 4.90 Å². The number of amides is 1. The van der Waals surface area contributed by atoms with Crippen LogP contribution in [0.25, 0.3) is 0 Å². The summed E-state index contributed by atoms with van der Waals surface area (Å²) < 4.78 is 0. The predicted molar refractivity (Wildman–Crippen MR) is 97.6 cm³/mol. The van der Waals surface area contributed by atoms with Gasteiger partial charge in [0.25, 0.3) is 0 Å². The van der Waals surface area contributed by atoms with Gasteiger partial charge in [0.15, 0.2) is 6.19 Å². The highest BCUT2D eigenvalue weighted by molar-refractivity contribution is 7.16. The highest BCUT2D eigenvalue weighted by Crippen LogP contribution is 2.39. The van der Waals surface area contributed by atoms with Crippen LogP contribution in [0, 0.1) is 18.4 Å². The molecule has 1 aromatic heterocycles. The number of rotatable bonds is 2. The summed E-state index contributed by atoms with van der Waals surface area (Å²) in [6, 6.07) is -0.193. The van der Waals surface area contributed by atoms with Crippen molar-refractivity contribution in [2.24, 2.45) is 0 Å². The molecule has 0 N–H and O–H groups in total. The lowest BCUT2D eigenvalue weighted by Crippen LogP contribution is -2.64. The van der Waals surface area contributed by atoms with Gasteiger partial charge in [-0.2, -0.15) is 5.26 Å². The van der Waals surface area contributed by atoms with Crippen LogP contribution in [0.1, 0.15) is 48.7 Å². The molecular formula is C18H25N5OS. The number of hydrogen-bond donors (Lipinski definition) is 0. The van der Waals surface area contributed by atoms with Crippen LogP contribution >= 0.6 is 11.3 Å². The Morgan fingerprint density at radius 1 is 1.16 bits per heavy atom. The van der Waals surface area contributed by atoms with Crippen LogP contribution in [0.4, 0.5) is 5.00 Å². The molecule has 4 rings (SSSR count). The van der Waals surface area contributed by atoms with Crippen molar-refractivity contribution in [2.75, 3.05) is 37.6 Å². The lowest BCUT2D eigenvalue weighted by Gasteiger charge is -2.44. The molecule has 2 saturated heterocycles. The number of nitriles is 1. The Morgan fingerprint density at radius 2 is 1.92 bits per heavy atom. The van der Waals surface area contributed by atoms with Crippen LogP contribution in [0.5, 0.6) is 0 Å². The third-order valence-corrected chi connectivity index (χ3v) is 7.13. The quantitative estimate of drug-likeness (QED) is 0.758. The van der Waals surface area contributed by atoms with E-state index in [0.717, 1.165) is 36.9 Å². The van der Waals surface area contributed by atoms with Crippen molar-refractivity contribution in [3.8, 4) is 6.19 Å². The standard InChI is InChI=1S/C18H25N5OS/c1-13-18(25-16(20-13)14-5-3-2-4-6-14)23-10-9-22-8-7-21(12-19)11-15(22)17(23)24/h14-15H,2-11H2,1H3. The zero-order chi connectivity index (χ0) is 17.4. The molecule has 134 valence electrons. The smallest absolute Gasteiger partial charge is 0.246 e. The van der Waals surface area contributed by atoms with Gasteiger partial charge >= 0.3 is 0 Å². The van der Waals surface area contributed by atoms with Crippen molar-refractivity contribution in [1.29, 1.82) is 5.26 Å². The molecule has 25 heavy (non-hydrogen) atoms. The van der Waals surface area contributed by atoms with E-state index in [0.29, 0.717) is 12.5 Å². The molecule has 1 saturated carbocycles. The average Bonchev–Trinajstić information content (AvgIpc) is 3.04. The van der Waals surface area contributed by atoms with Crippen molar-refractivity contribution in [2.45, 2.75) is 51.0 Å². The summed E-state index contributed by atoms with van der Waals surface area (Å²) >= 11 is 1.72. The largest absolute Gasteiger partial charge is 0.307 e. The Morgan fingerprint density at radius 3 is 2.68 bits per heavy atom. The molecule has 1 aromatic rings. The van der Waals surface area contributed by atoms with Crippen molar-refractivity contribution in [3.05, 3.63) is 10.7 Å². The first-order chi connectivity index (χ1) is 12.2.